The van der Waals surface area contributed by atoms with E-state index < -0.39 is 47.7 Å². The predicted molar refractivity (Wildman–Crippen MR) is 94.0 cm³/mol. The molecule has 0 bridgehead atoms. The van der Waals surface area contributed by atoms with Gasteiger partial charge in [-0.1, -0.05) is 6.07 Å². The normalized spacial score (nSPS) is 11.8. The number of benzene rings is 2. The van der Waals surface area contributed by atoms with Crippen molar-refractivity contribution in [2.24, 2.45) is 0 Å². The van der Waals surface area contributed by atoms with Gasteiger partial charge in [0.15, 0.2) is 5.69 Å². The Morgan fingerprint density at radius 2 is 1.79 bits per heavy atom. The minimum Gasteiger partial charge on any atom is -0.493 e. The first-order valence-electron chi connectivity index (χ1n) is 8.27. The van der Waals surface area contributed by atoms with Crippen molar-refractivity contribution in [2.75, 3.05) is 0 Å². The molecule has 1 amide bonds. The molecule has 150 valence electrons. The molecule has 1 heterocycles. The van der Waals surface area contributed by atoms with Gasteiger partial charge in [-0.25, -0.2) is 17.9 Å². The van der Waals surface area contributed by atoms with Crippen molar-refractivity contribution >= 4 is 11.9 Å². The molecule has 0 aliphatic rings. The van der Waals surface area contributed by atoms with E-state index in [0.29, 0.717) is 0 Å². The van der Waals surface area contributed by atoms with Crippen molar-refractivity contribution in [3.05, 3.63) is 77.2 Å². The number of halogens is 3. The van der Waals surface area contributed by atoms with Gasteiger partial charge in [-0.15, -0.1) is 0 Å². The lowest BCUT2D eigenvalue weighted by Crippen LogP contribution is -2.31. The third-order valence-corrected chi connectivity index (χ3v) is 3.99. The molecule has 3 N–H and O–H groups in total. The number of amides is 1. The number of nitrogens with one attached hydrogen (secondary N) is 1. The third-order valence-electron chi connectivity index (χ3n) is 3.99. The smallest absolute Gasteiger partial charge is 0.305 e. The molecular formula is C19H14F3N3O4. The SMILES string of the molecule is O=C(O)CC(NC(=O)c1cc(O)n(-c2cccc(F)c2)n1)c1cc(F)ccc1F. The van der Waals surface area contributed by atoms with E-state index in [1.165, 1.54) is 18.2 Å². The number of carbonyl (C=O) groups is 2. The molecule has 0 saturated heterocycles. The Hall–Kier alpha value is -3.82. The zero-order chi connectivity index (χ0) is 21.1. The fraction of sp³-hybridized carbons (Fsp3) is 0.105. The number of nitrogens with zero attached hydrogens (tertiary/aromatic N) is 2. The van der Waals surface area contributed by atoms with Crippen molar-refractivity contribution in [2.45, 2.75) is 12.5 Å². The summed E-state index contributed by atoms with van der Waals surface area (Å²) in [5.41, 5.74) is -0.548. The first kappa shape index (κ1) is 19.9. The van der Waals surface area contributed by atoms with Crippen LogP contribution in [0.1, 0.15) is 28.5 Å². The number of carbonyl (C=O) groups excluding carboxylic acids is 1. The van der Waals surface area contributed by atoms with Gasteiger partial charge in [0, 0.05) is 11.6 Å². The van der Waals surface area contributed by atoms with Gasteiger partial charge in [0.05, 0.1) is 18.2 Å². The van der Waals surface area contributed by atoms with Gasteiger partial charge < -0.3 is 15.5 Å². The van der Waals surface area contributed by atoms with Crippen molar-refractivity contribution < 1.29 is 33.0 Å². The highest BCUT2D eigenvalue weighted by Crippen LogP contribution is 2.23. The van der Waals surface area contributed by atoms with Crippen LogP contribution in [0.2, 0.25) is 0 Å². The number of aliphatic carboxylic acids is 1. The summed E-state index contributed by atoms with van der Waals surface area (Å²) >= 11 is 0. The lowest BCUT2D eigenvalue weighted by Gasteiger charge is -2.17. The molecule has 7 nitrogen and oxygen atoms in total. The van der Waals surface area contributed by atoms with Crippen LogP contribution in [0.15, 0.2) is 48.5 Å². The second-order valence-corrected chi connectivity index (χ2v) is 6.07. The van der Waals surface area contributed by atoms with Gasteiger partial charge in [-0.05, 0) is 36.4 Å². The monoisotopic (exact) mass is 405 g/mol. The summed E-state index contributed by atoms with van der Waals surface area (Å²) in [5.74, 6) is -5.07. The second-order valence-electron chi connectivity index (χ2n) is 6.07. The summed E-state index contributed by atoms with van der Waals surface area (Å²) in [5, 5.41) is 25.2. The van der Waals surface area contributed by atoms with E-state index in [1.54, 1.807) is 0 Å². The minimum atomic E-state index is -1.39. The number of hydrogen-bond acceptors (Lipinski definition) is 4. The van der Waals surface area contributed by atoms with E-state index in [9.17, 15) is 27.9 Å². The molecule has 2 aromatic carbocycles. The van der Waals surface area contributed by atoms with Crippen LogP contribution in [0.25, 0.3) is 5.69 Å². The summed E-state index contributed by atoms with van der Waals surface area (Å²) in [6, 6.07) is 7.11. The number of rotatable bonds is 6. The average Bonchev–Trinajstić information content (AvgIpc) is 3.05. The molecule has 0 radical (unpaired) electrons. The maximum atomic E-state index is 14.0. The Kier molecular flexibility index (Phi) is 5.53. The van der Waals surface area contributed by atoms with Crippen LogP contribution in [0.3, 0.4) is 0 Å². The highest BCUT2D eigenvalue weighted by molar-refractivity contribution is 5.93. The first-order chi connectivity index (χ1) is 13.7. The van der Waals surface area contributed by atoms with E-state index in [-0.39, 0.29) is 16.9 Å². The second kappa shape index (κ2) is 8.05. The van der Waals surface area contributed by atoms with Crippen molar-refractivity contribution in [1.29, 1.82) is 0 Å². The zero-order valence-electron chi connectivity index (χ0n) is 14.6. The maximum Gasteiger partial charge on any atom is 0.305 e. The molecular weight excluding hydrogens is 391 g/mol. The Morgan fingerprint density at radius 1 is 1.07 bits per heavy atom. The summed E-state index contributed by atoms with van der Waals surface area (Å²) < 4.78 is 41.8. The van der Waals surface area contributed by atoms with Crippen molar-refractivity contribution in [1.82, 2.24) is 15.1 Å². The van der Waals surface area contributed by atoms with Crippen LogP contribution < -0.4 is 5.32 Å². The van der Waals surface area contributed by atoms with E-state index in [2.05, 4.69) is 10.4 Å². The van der Waals surface area contributed by atoms with Gasteiger partial charge >= 0.3 is 5.97 Å². The first-order valence-corrected chi connectivity index (χ1v) is 8.27. The van der Waals surface area contributed by atoms with E-state index in [1.807, 2.05) is 0 Å². The number of carboxylic acids is 1. The Labute approximate surface area is 162 Å². The van der Waals surface area contributed by atoms with Gasteiger partial charge in [0.2, 0.25) is 5.88 Å². The molecule has 10 heteroatoms. The summed E-state index contributed by atoms with van der Waals surface area (Å²) in [4.78, 5) is 23.6. The molecule has 3 aromatic rings. The number of aromatic nitrogens is 2. The highest BCUT2D eigenvalue weighted by atomic mass is 19.1. The molecule has 0 aliphatic carbocycles. The zero-order valence-corrected chi connectivity index (χ0v) is 14.6. The average molecular weight is 405 g/mol. The van der Waals surface area contributed by atoms with Crippen LogP contribution in [0.5, 0.6) is 5.88 Å². The molecule has 0 aliphatic heterocycles. The van der Waals surface area contributed by atoms with Crippen LogP contribution in [-0.2, 0) is 4.79 Å². The Bertz CT molecular complexity index is 1080. The molecule has 29 heavy (non-hydrogen) atoms. The van der Waals surface area contributed by atoms with Crippen molar-refractivity contribution in [3.8, 4) is 11.6 Å². The summed E-state index contributed by atoms with van der Waals surface area (Å²) in [7, 11) is 0. The topological polar surface area (TPSA) is 104 Å². The van der Waals surface area contributed by atoms with E-state index >= 15 is 0 Å². The van der Waals surface area contributed by atoms with Gasteiger partial charge in [0.25, 0.3) is 5.91 Å². The van der Waals surface area contributed by atoms with Gasteiger partial charge in [0.1, 0.15) is 17.5 Å². The maximum absolute atomic E-state index is 14.0. The fourth-order valence-electron chi connectivity index (χ4n) is 2.71. The lowest BCUT2D eigenvalue weighted by atomic mass is 10.0. The van der Waals surface area contributed by atoms with Gasteiger partial charge in [-0.3, -0.25) is 9.59 Å². The highest BCUT2D eigenvalue weighted by Gasteiger charge is 2.24. The van der Waals surface area contributed by atoms with Crippen LogP contribution >= 0.6 is 0 Å². The largest absolute Gasteiger partial charge is 0.493 e. The lowest BCUT2D eigenvalue weighted by molar-refractivity contribution is -0.137. The van der Waals surface area contributed by atoms with Crippen LogP contribution in [0.4, 0.5) is 13.2 Å². The van der Waals surface area contributed by atoms with Crippen molar-refractivity contribution in [3.63, 3.8) is 0 Å². The molecule has 1 atom stereocenters. The molecule has 0 spiro atoms. The fourth-order valence-corrected chi connectivity index (χ4v) is 2.71. The minimum absolute atomic E-state index is 0.139. The van der Waals surface area contributed by atoms with Gasteiger partial charge in [-0.2, -0.15) is 5.10 Å². The Balaban J connectivity index is 1.89. The third kappa shape index (κ3) is 4.54. The summed E-state index contributed by atoms with van der Waals surface area (Å²) in [6.45, 7) is 0. The molecule has 3 rings (SSSR count). The van der Waals surface area contributed by atoms with E-state index in [0.717, 1.165) is 35.0 Å². The van der Waals surface area contributed by atoms with Crippen LogP contribution in [-0.4, -0.2) is 31.9 Å². The van der Waals surface area contributed by atoms with Crippen LogP contribution in [0, 0.1) is 17.5 Å². The molecule has 0 saturated carbocycles. The molecule has 0 fully saturated rings. The Morgan fingerprint density at radius 3 is 2.48 bits per heavy atom. The molecule has 1 unspecified atom stereocenters. The standard InChI is InChI=1S/C19H14F3N3O4/c20-10-2-1-3-12(6-10)25-17(26)8-16(24-25)19(29)23-15(9-18(27)28)13-7-11(21)4-5-14(13)22/h1-8,15,26H,9H2,(H,23,29)(H,27,28). The summed E-state index contributed by atoms with van der Waals surface area (Å²) in [6.07, 6.45) is -0.720. The molecule has 1 aromatic heterocycles. The van der Waals surface area contributed by atoms with E-state index in [4.69, 9.17) is 5.11 Å². The quantitative estimate of drug-likeness (QED) is 0.585. The number of carboxylic acid groups (broad SMARTS) is 1. The number of aromatic hydroxyl groups is 1. The number of hydrogen-bond donors (Lipinski definition) is 3. The predicted octanol–water partition coefficient (Wildman–Crippen LogP) is 2.94.